The molecule has 0 amide bonds. The Morgan fingerprint density at radius 3 is 2.78 bits per heavy atom. The second kappa shape index (κ2) is 5.84. The highest BCUT2D eigenvalue weighted by atomic mass is 79.9. The normalized spacial score (nSPS) is 10.2. The first-order valence-corrected chi connectivity index (χ1v) is 6.09. The van der Waals surface area contributed by atoms with Crippen LogP contribution in [0.5, 0.6) is 17.4 Å². The summed E-state index contributed by atoms with van der Waals surface area (Å²) in [5.41, 5.74) is 0.754. The van der Waals surface area contributed by atoms with Gasteiger partial charge in [-0.3, -0.25) is 0 Å². The van der Waals surface area contributed by atoms with Gasteiger partial charge in [0.25, 0.3) is 0 Å². The van der Waals surface area contributed by atoms with E-state index < -0.39 is 0 Å². The van der Waals surface area contributed by atoms with Gasteiger partial charge in [0.05, 0.1) is 18.2 Å². The van der Waals surface area contributed by atoms with Crippen molar-refractivity contribution in [3.8, 4) is 17.4 Å². The molecule has 0 bridgehead atoms. The highest BCUT2D eigenvalue weighted by Crippen LogP contribution is 2.32. The van der Waals surface area contributed by atoms with E-state index >= 15 is 0 Å². The van der Waals surface area contributed by atoms with Gasteiger partial charge in [0, 0.05) is 12.3 Å². The molecule has 0 saturated carbocycles. The lowest BCUT2D eigenvalue weighted by molar-refractivity contribution is 0.281. The highest BCUT2D eigenvalue weighted by molar-refractivity contribution is 9.10. The molecule has 1 heterocycles. The Labute approximate surface area is 113 Å². The van der Waals surface area contributed by atoms with Crippen molar-refractivity contribution in [2.45, 2.75) is 6.61 Å². The highest BCUT2D eigenvalue weighted by Gasteiger charge is 2.05. The van der Waals surface area contributed by atoms with E-state index in [9.17, 15) is 0 Å². The van der Waals surface area contributed by atoms with Crippen molar-refractivity contribution >= 4 is 15.9 Å². The zero-order valence-corrected chi connectivity index (χ0v) is 11.3. The van der Waals surface area contributed by atoms with Crippen LogP contribution in [0.3, 0.4) is 0 Å². The van der Waals surface area contributed by atoms with E-state index in [-0.39, 0.29) is 6.61 Å². The molecule has 0 aliphatic carbocycles. The maximum absolute atomic E-state index is 9.04. The lowest BCUT2D eigenvalue weighted by Crippen LogP contribution is -1.92. The van der Waals surface area contributed by atoms with Gasteiger partial charge in [-0.15, -0.1) is 0 Å². The third kappa shape index (κ3) is 3.00. The molecule has 18 heavy (non-hydrogen) atoms. The van der Waals surface area contributed by atoms with E-state index in [1.54, 1.807) is 37.6 Å². The summed E-state index contributed by atoms with van der Waals surface area (Å²) < 4.78 is 11.5. The standard InChI is InChI=1S/C13H12BrNO3/c1-17-10-2-3-12(11(14)7-10)18-13-6-9(8-16)4-5-15-13/h2-7,16H,8H2,1H3. The number of methoxy groups -OCH3 is 1. The number of nitrogens with zero attached hydrogens (tertiary/aromatic N) is 1. The summed E-state index contributed by atoms with van der Waals surface area (Å²) in [5, 5.41) is 9.04. The first-order valence-electron chi connectivity index (χ1n) is 5.30. The molecule has 0 spiro atoms. The number of hydrogen-bond acceptors (Lipinski definition) is 4. The molecule has 0 atom stereocenters. The van der Waals surface area contributed by atoms with Crippen LogP contribution in [-0.4, -0.2) is 17.2 Å². The van der Waals surface area contributed by atoms with Crippen LogP contribution < -0.4 is 9.47 Å². The third-order valence-electron chi connectivity index (χ3n) is 2.34. The summed E-state index contributed by atoms with van der Waals surface area (Å²) in [4.78, 5) is 4.08. The predicted molar refractivity (Wildman–Crippen MR) is 70.9 cm³/mol. The molecule has 94 valence electrons. The van der Waals surface area contributed by atoms with Gasteiger partial charge in [0.15, 0.2) is 0 Å². The number of aliphatic hydroxyl groups is 1. The largest absolute Gasteiger partial charge is 0.497 e. The minimum Gasteiger partial charge on any atom is -0.497 e. The van der Waals surface area contributed by atoms with Gasteiger partial charge in [-0.25, -0.2) is 4.98 Å². The second-order valence-electron chi connectivity index (χ2n) is 3.56. The fraction of sp³-hybridized carbons (Fsp3) is 0.154. The zero-order valence-electron chi connectivity index (χ0n) is 9.76. The van der Waals surface area contributed by atoms with Crippen LogP contribution in [0.25, 0.3) is 0 Å². The van der Waals surface area contributed by atoms with Crippen LogP contribution in [-0.2, 0) is 6.61 Å². The minimum absolute atomic E-state index is 0.0390. The first kappa shape index (κ1) is 12.9. The second-order valence-corrected chi connectivity index (χ2v) is 4.41. The summed E-state index contributed by atoms with van der Waals surface area (Å²) in [7, 11) is 1.61. The number of halogens is 1. The van der Waals surface area contributed by atoms with Crippen molar-refractivity contribution in [3.63, 3.8) is 0 Å². The Morgan fingerprint density at radius 2 is 2.11 bits per heavy atom. The molecule has 1 aromatic carbocycles. The maximum atomic E-state index is 9.04. The van der Waals surface area contributed by atoms with E-state index in [2.05, 4.69) is 20.9 Å². The third-order valence-corrected chi connectivity index (χ3v) is 2.96. The minimum atomic E-state index is -0.0390. The zero-order chi connectivity index (χ0) is 13.0. The number of rotatable bonds is 4. The average Bonchev–Trinajstić information content (AvgIpc) is 2.41. The van der Waals surface area contributed by atoms with Crippen LogP contribution in [0.2, 0.25) is 0 Å². The molecule has 0 aliphatic rings. The molecule has 1 aromatic heterocycles. The molecule has 0 radical (unpaired) electrons. The van der Waals surface area contributed by atoms with E-state index in [1.165, 1.54) is 0 Å². The Morgan fingerprint density at radius 1 is 1.28 bits per heavy atom. The fourth-order valence-corrected chi connectivity index (χ4v) is 1.85. The smallest absolute Gasteiger partial charge is 0.219 e. The summed E-state index contributed by atoms with van der Waals surface area (Å²) in [6.45, 7) is -0.0390. The Balaban J connectivity index is 2.22. The molecular formula is C13H12BrNO3. The van der Waals surface area contributed by atoms with Crippen molar-refractivity contribution in [1.82, 2.24) is 4.98 Å². The van der Waals surface area contributed by atoms with Crippen molar-refractivity contribution in [2.24, 2.45) is 0 Å². The van der Waals surface area contributed by atoms with Crippen LogP contribution in [0.4, 0.5) is 0 Å². The predicted octanol–water partition coefficient (Wildman–Crippen LogP) is 3.14. The number of aliphatic hydroxyl groups excluding tert-OH is 1. The van der Waals surface area contributed by atoms with Gasteiger partial charge in [0.2, 0.25) is 5.88 Å². The monoisotopic (exact) mass is 309 g/mol. The van der Waals surface area contributed by atoms with Crippen molar-refractivity contribution in [1.29, 1.82) is 0 Å². The molecule has 5 heteroatoms. The van der Waals surface area contributed by atoms with Gasteiger partial charge in [-0.2, -0.15) is 0 Å². The summed E-state index contributed by atoms with van der Waals surface area (Å²) in [6.07, 6.45) is 1.60. The van der Waals surface area contributed by atoms with Crippen LogP contribution in [0.15, 0.2) is 41.0 Å². The molecule has 0 fully saturated rings. The van der Waals surface area contributed by atoms with Crippen LogP contribution in [0, 0.1) is 0 Å². The molecule has 4 nitrogen and oxygen atoms in total. The number of hydrogen-bond donors (Lipinski definition) is 1. The Hall–Kier alpha value is -1.59. The lowest BCUT2D eigenvalue weighted by Gasteiger charge is -2.08. The molecule has 1 N–H and O–H groups in total. The van der Waals surface area contributed by atoms with Crippen molar-refractivity contribution in [2.75, 3.05) is 7.11 Å². The van der Waals surface area contributed by atoms with Gasteiger partial charge < -0.3 is 14.6 Å². The molecular weight excluding hydrogens is 298 g/mol. The van der Waals surface area contributed by atoms with Gasteiger partial charge in [-0.05, 0) is 45.8 Å². The maximum Gasteiger partial charge on any atom is 0.219 e. The summed E-state index contributed by atoms with van der Waals surface area (Å²) in [5.74, 6) is 1.82. The SMILES string of the molecule is COc1ccc(Oc2cc(CO)ccn2)c(Br)c1. The van der Waals surface area contributed by atoms with Crippen LogP contribution >= 0.6 is 15.9 Å². The molecule has 0 saturated heterocycles. The molecule has 2 aromatic rings. The van der Waals surface area contributed by atoms with Crippen LogP contribution in [0.1, 0.15) is 5.56 Å². The fourth-order valence-electron chi connectivity index (χ4n) is 1.41. The van der Waals surface area contributed by atoms with E-state index in [1.807, 2.05) is 6.07 Å². The quantitative estimate of drug-likeness (QED) is 0.942. The molecule has 2 rings (SSSR count). The Kier molecular flexibility index (Phi) is 4.17. The topological polar surface area (TPSA) is 51.6 Å². The molecule has 0 aliphatic heterocycles. The number of pyridine rings is 1. The van der Waals surface area contributed by atoms with Crippen molar-refractivity contribution in [3.05, 3.63) is 46.6 Å². The van der Waals surface area contributed by atoms with Gasteiger partial charge >= 0.3 is 0 Å². The summed E-state index contributed by atoms with van der Waals surface area (Å²) in [6, 6.07) is 8.82. The lowest BCUT2D eigenvalue weighted by atomic mass is 10.3. The average molecular weight is 310 g/mol. The van der Waals surface area contributed by atoms with Gasteiger partial charge in [0.1, 0.15) is 11.5 Å². The van der Waals surface area contributed by atoms with E-state index in [0.29, 0.717) is 11.6 Å². The number of aromatic nitrogens is 1. The number of ether oxygens (including phenoxy) is 2. The number of benzene rings is 1. The van der Waals surface area contributed by atoms with E-state index in [0.717, 1.165) is 15.8 Å². The molecule has 0 unspecified atom stereocenters. The van der Waals surface area contributed by atoms with E-state index in [4.69, 9.17) is 14.6 Å². The van der Waals surface area contributed by atoms with Crippen molar-refractivity contribution < 1.29 is 14.6 Å². The summed E-state index contributed by atoms with van der Waals surface area (Å²) >= 11 is 3.40. The van der Waals surface area contributed by atoms with Gasteiger partial charge in [-0.1, -0.05) is 0 Å². The first-order chi connectivity index (χ1) is 8.72. The Bertz CT molecular complexity index is 546.